The van der Waals surface area contributed by atoms with Gasteiger partial charge in [0.05, 0.1) is 15.7 Å². The third kappa shape index (κ3) is 5.26. The van der Waals surface area contributed by atoms with Gasteiger partial charge in [-0.15, -0.1) is 11.3 Å². The molecule has 0 aliphatic carbocycles. The largest absolute Gasteiger partial charge is 0.452 e. The van der Waals surface area contributed by atoms with Crippen molar-refractivity contribution >= 4 is 56.1 Å². The average molecular weight is 480 g/mol. The summed E-state index contributed by atoms with van der Waals surface area (Å²) in [4.78, 5) is 33.4. The van der Waals surface area contributed by atoms with Crippen LogP contribution in [0.25, 0.3) is 37.8 Å². The maximum Gasteiger partial charge on any atom is 0.331 e. The number of nitrogens with zero attached hydrogens (tertiary/aromatic N) is 2. The molecule has 172 valence electrons. The fraction of sp³-hybridized carbons (Fsp3) is 0.0714. The molecule has 1 amide bonds. The van der Waals surface area contributed by atoms with Gasteiger partial charge in [-0.1, -0.05) is 30.3 Å². The van der Waals surface area contributed by atoms with E-state index in [1.54, 1.807) is 35.7 Å². The summed E-state index contributed by atoms with van der Waals surface area (Å²) in [7, 11) is 0. The van der Waals surface area contributed by atoms with Crippen LogP contribution in [0.5, 0.6) is 0 Å². The Morgan fingerprint density at radius 2 is 1.86 bits per heavy atom. The molecule has 2 heterocycles. The quantitative estimate of drug-likeness (QED) is 0.238. The van der Waals surface area contributed by atoms with E-state index in [9.17, 15) is 9.59 Å². The molecule has 0 spiro atoms. The number of nitrogens with one attached hydrogen (secondary N) is 1. The maximum atomic E-state index is 12.2. The van der Waals surface area contributed by atoms with Gasteiger partial charge in [0.15, 0.2) is 6.61 Å². The normalized spacial score (nSPS) is 11.2. The third-order valence-corrected chi connectivity index (χ3v) is 6.44. The lowest BCUT2D eigenvalue weighted by Crippen LogP contribution is -2.20. The standard InChI is InChI=1S/C28H21N3O3S/c1-18-7-13-23-24(16-18)35-28(31-23)21-8-11-22(12-9-21)30-25(32)17-34-26(33)14-10-20-5-2-4-19-6-3-15-29-27(19)20/h2-16H,17H2,1H3,(H,30,32)/b14-10+. The number of esters is 1. The molecule has 7 heteroatoms. The zero-order valence-electron chi connectivity index (χ0n) is 18.9. The summed E-state index contributed by atoms with van der Waals surface area (Å²) in [6.45, 7) is 1.68. The highest BCUT2D eigenvalue weighted by Crippen LogP contribution is 2.31. The predicted molar refractivity (Wildman–Crippen MR) is 140 cm³/mol. The lowest BCUT2D eigenvalue weighted by Gasteiger charge is -2.06. The minimum absolute atomic E-state index is 0.379. The third-order valence-electron chi connectivity index (χ3n) is 5.37. The molecule has 35 heavy (non-hydrogen) atoms. The van der Waals surface area contributed by atoms with Gasteiger partial charge in [-0.2, -0.15) is 0 Å². The Morgan fingerprint density at radius 3 is 2.71 bits per heavy atom. The number of benzene rings is 3. The number of hydrogen-bond acceptors (Lipinski definition) is 6. The zero-order chi connectivity index (χ0) is 24.2. The molecular weight excluding hydrogens is 458 g/mol. The fourth-order valence-corrected chi connectivity index (χ4v) is 4.72. The molecule has 0 saturated heterocycles. The van der Waals surface area contributed by atoms with E-state index < -0.39 is 11.9 Å². The number of anilines is 1. The zero-order valence-corrected chi connectivity index (χ0v) is 19.7. The van der Waals surface area contributed by atoms with Crippen LogP contribution in [0.1, 0.15) is 11.1 Å². The monoisotopic (exact) mass is 479 g/mol. The molecule has 5 rings (SSSR count). The van der Waals surface area contributed by atoms with E-state index in [2.05, 4.69) is 28.3 Å². The van der Waals surface area contributed by atoms with E-state index in [1.165, 1.54) is 11.6 Å². The van der Waals surface area contributed by atoms with Crippen molar-refractivity contribution in [3.05, 3.63) is 96.2 Å². The molecule has 0 aliphatic rings. The summed E-state index contributed by atoms with van der Waals surface area (Å²) in [5.41, 5.74) is 5.35. The number of para-hydroxylation sites is 1. The van der Waals surface area contributed by atoms with Crippen LogP contribution in [0, 0.1) is 6.92 Å². The number of aromatic nitrogens is 2. The highest BCUT2D eigenvalue weighted by Gasteiger charge is 2.09. The van der Waals surface area contributed by atoms with Crippen LogP contribution in [0.15, 0.2) is 85.1 Å². The second-order valence-electron chi connectivity index (χ2n) is 7.98. The smallest absolute Gasteiger partial charge is 0.331 e. The number of hydrogen-bond donors (Lipinski definition) is 1. The van der Waals surface area contributed by atoms with Crippen LogP contribution in [0.2, 0.25) is 0 Å². The van der Waals surface area contributed by atoms with Crippen molar-refractivity contribution in [2.24, 2.45) is 0 Å². The van der Waals surface area contributed by atoms with Crippen molar-refractivity contribution < 1.29 is 14.3 Å². The molecule has 0 bridgehead atoms. The van der Waals surface area contributed by atoms with Gasteiger partial charge < -0.3 is 10.1 Å². The molecule has 0 unspecified atom stereocenters. The van der Waals surface area contributed by atoms with E-state index in [1.807, 2.05) is 54.6 Å². The van der Waals surface area contributed by atoms with Crippen LogP contribution >= 0.6 is 11.3 Å². The summed E-state index contributed by atoms with van der Waals surface area (Å²) in [5, 5.41) is 4.64. The molecule has 5 aromatic rings. The molecule has 6 nitrogen and oxygen atoms in total. The Balaban J connectivity index is 1.16. The van der Waals surface area contributed by atoms with Gasteiger partial charge in [-0.25, -0.2) is 9.78 Å². The molecule has 0 saturated carbocycles. The van der Waals surface area contributed by atoms with Gasteiger partial charge in [0, 0.05) is 34.5 Å². The SMILES string of the molecule is Cc1ccc2nc(-c3ccc(NC(=O)COC(=O)/C=C/c4cccc5cccnc45)cc3)sc2c1. The van der Waals surface area contributed by atoms with Crippen LogP contribution in [0.3, 0.4) is 0 Å². The first-order valence-electron chi connectivity index (χ1n) is 11.0. The Labute approximate surface area is 205 Å². The minimum atomic E-state index is -0.602. The summed E-state index contributed by atoms with van der Waals surface area (Å²) >= 11 is 1.63. The number of thiazole rings is 1. The molecule has 0 atom stereocenters. The summed E-state index contributed by atoms with van der Waals surface area (Å²) in [5.74, 6) is -1.02. The number of carbonyl (C=O) groups excluding carboxylic acids is 2. The number of aryl methyl sites for hydroxylation is 1. The Bertz CT molecular complexity index is 1570. The van der Waals surface area contributed by atoms with Crippen LogP contribution in [-0.4, -0.2) is 28.5 Å². The summed E-state index contributed by atoms with van der Waals surface area (Å²) in [6.07, 6.45) is 4.64. The maximum absolute atomic E-state index is 12.2. The summed E-state index contributed by atoms with van der Waals surface area (Å²) in [6, 6.07) is 23.2. The van der Waals surface area contributed by atoms with Crippen molar-refractivity contribution in [1.82, 2.24) is 9.97 Å². The average Bonchev–Trinajstić information content (AvgIpc) is 3.30. The molecule has 0 radical (unpaired) electrons. The second-order valence-corrected chi connectivity index (χ2v) is 9.01. The molecule has 1 N–H and O–H groups in total. The van der Waals surface area contributed by atoms with Gasteiger partial charge in [0.2, 0.25) is 0 Å². The molecule has 2 aromatic heterocycles. The number of carbonyl (C=O) groups is 2. The predicted octanol–water partition coefficient (Wildman–Crippen LogP) is 6.02. The van der Waals surface area contributed by atoms with Crippen LogP contribution < -0.4 is 5.32 Å². The molecule has 3 aromatic carbocycles. The molecule has 0 fully saturated rings. The lowest BCUT2D eigenvalue weighted by atomic mass is 10.1. The van der Waals surface area contributed by atoms with Gasteiger partial charge in [0.25, 0.3) is 5.91 Å². The van der Waals surface area contributed by atoms with E-state index in [0.29, 0.717) is 5.69 Å². The number of pyridine rings is 1. The highest BCUT2D eigenvalue weighted by atomic mass is 32.1. The second kappa shape index (κ2) is 9.87. The Hall–Kier alpha value is -4.36. The van der Waals surface area contributed by atoms with Crippen molar-refractivity contribution in [1.29, 1.82) is 0 Å². The van der Waals surface area contributed by atoms with Crippen molar-refractivity contribution in [2.45, 2.75) is 6.92 Å². The van der Waals surface area contributed by atoms with Gasteiger partial charge in [-0.05, 0) is 61.0 Å². The van der Waals surface area contributed by atoms with Crippen LogP contribution in [-0.2, 0) is 14.3 Å². The van der Waals surface area contributed by atoms with Gasteiger partial charge in [0.1, 0.15) is 5.01 Å². The fourth-order valence-electron chi connectivity index (χ4n) is 3.65. The lowest BCUT2D eigenvalue weighted by molar-refractivity contribution is -0.142. The Morgan fingerprint density at radius 1 is 1.03 bits per heavy atom. The number of amides is 1. The minimum Gasteiger partial charge on any atom is -0.452 e. The summed E-state index contributed by atoms with van der Waals surface area (Å²) < 4.78 is 6.22. The first kappa shape index (κ1) is 22.4. The Kier molecular flexibility index (Phi) is 6.32. The van der Waals surface area contributed by atoms with E-state index in [0.717, 1.165) is 37.3 Å². The van der Waals surface area contributed by atoms with E-state index in [-0.39, 0.29) is 6.61 Å². The van der Waals surface area contributed by atoms with Crippen LogP contribution in [0.4, 0.5) is 5.69 Å². The first-order valence-corrected chi connectivity index (χ1v) is 11.8. The van der Waals surface area contributed by atoms with Crippen molar-refractivity contribution in [2.75, 3.05) is 11.9 Å². The molecule has 0 aliphatic heterocycles. The number of ether oxygens (including phenoxy) is 1. The van der Waals surface area contributed by atoms with E-state index in [4.69, 9.17) is 4.74 Å². The van der Waals surface area contributed by atoms with Crippen molar-refractivity contribution in [3.63, 3.8) is 0 Å². The number of rotatable bonds is 6. The topological polar surface area (TPSA) is 81.2 Å². The molecular formula is C28H21N3O3S. The first-order chi connectivity index (χ1) is 17.0. The van der Waals surface area contributed by atoms with Gasteiger partial charge in [-0.3, -0.25) is 9.78 Å². The van der Waals surface area contributed by atoms with E-state index >= 15 is 0 Å². The highest BCUT2D eigenvalue weighted by molar-refractivity contribution is 7.21. The van der Waals surface area contributed by atoms with Gasteiger partial charge >= 0.3 is 5.97 Å². The number of fused-ring (bicyclic) bond motifs is 2. The van der Waals surface area contributed by atoms with Crippen molar-refractivity contribution in [3.8, 4) is 10.6 Å².